The number of hydrogen-bond acceptors (Lipinski definition) is 6. The van der Waals surface area contributed by atoms with Gasteiger partial charge in [0.25, 0.3) is 5.88 Å². The van der Waals surface area contributed by atoms with Crippen LogP contribution >= 0.6 is 0 Å². The second-order valence-corrected chi connectivity index (χ2v) is 2.10. The molecule has 0 unspecified atom stereocenters. The Hall–Kier alpha value is -1.76. The number of aromatic carboxylic acids is 1. The van der Waals surface area contributed by atoms with Gasteiger partial charge in [0.1, 0.15) is 6.61 Å². The second-order valence-electron chi connectivity index (χ2n) is 2.10. The fraction of sp³-hybridized carbons (Fsp3) is 0.333. The Morgan fingerprint density at radius 1 is 1.69 bits per heavy atom. The SMILES string of the molecule is Nc1onc(OCCO)c1C(=O)O. The van der Waals surface area contributed by atoms with Gasteiger partial charge in [0.2, 0.25) is 5.88 Å². The molecule has 0 fully saturated rings. The minimum Gasteiger partial charge on any atom is -0.477 e. The van der Waals surface area contributed by atoms with E-state index < -0.39 is 5.97 Å². The highest BCUT2D eigenvalue weighted by molar-refractivity contribution is 5.94. The molecule has 0 atom stereocenters. The van der Waals surface area contributed by atoms with Crippen LogP contribution in [0.2, 0.25) is 0 Å². The van der Waals surface area contributed by atoms with Gasteiger partial charge in [-0.05, 0) is 5.16 Å². The van der Waals surface area contributed by atoms with Crippen molar-refractivity contribution in [3.8, 4) is 5.88 Å². The summed E-state index contributed by atoms with van der Waals surface area (Å²) in [4.78, 5) is 10.5. The zero-order chi connectivity index (χ0) is 9.84. The van der Waals surface area contributed by atoms with Crippen LogP contribution in [-0.2, 0) is 0 Å². The summed E-state index contributed by atoms with van der Waals surface area (Å²) in [6.45, 7) is -0.307. The smallest absolute Gasteiger partial charge is 0.346 e. The third-order valence-electron chi connectivity index (χ3n) is 1.23. The van der Waals surface area contributed by atoms with E-state index in [1.54, 1.807) is 0 Å². The Bertz CT molecular complexity index is 308. The summed E-state index contributed by atoms with van der Waals surface area (Å²) < 4.78 is 9.15. The molecule has 72 valence electrons. The maximum Gasteiger partial charge on any atom is 0.346 e. The fourth-order valence-electron chi connectivity index (χ4n) is 0.725. The summed E-state index contributed by atoms with van der Waals surface area (Å²) in [5.74, 6) is -1.83. The van der Waals surface area contributed by atoms with Crippen LogP contribution in [0.4, 0.5) is 5.88 Å². The second kappa shape index (κ2) is 3.76. The molecule has 0 aliphatic heterocycles. The molecule has 0 spiro atoms. The molecule has 0 aliphatic rings. The average molecular weight is 188 g/mol. The van der Waals surface area contributed by atoms with Gasteiger partial charge >= 0.3 is 5.97 Å². The quantitative estimate of drug-likeness (QED) is 0.572. The third kappa shape index (κ3) is 1.88. The van der Waals surface area contributed by atoms with E-state index in [0.29, 0.717) is 0 Å². The first kappa shape index (κ1) is 9.33. The predicted molar refractivity (Wildman–Crippen MR) is 40.5 cm³/mol. The Kier molecular flexibility index (Phi) is 2.70. The van der Waals surface area contributed by atoms with Crippen molar-refractivity contribution in [2.75, 3.05) is 18.9 Å². The van der Waals surface area contributed by atoms with Crippen molar-refractivity contribution >= 4 is 11.9 Å². The largest absolute Gasteiger partial charge is 0.477 e. The molecule has 4 N–H and O–H groups in total. The molecule has 1 aromatic heterocycles. The fourth-order valence-corrected chi connectivity index (χ4v) is 0.725. The van der Waals surface area contributed by atoms with E-state index in [2.05, 4.69) is 9.68 Å². The lowest BCUT2D eigenvalue weighted by atomic mass is 10.3. The van der Waals surface area contributed by atoms with Crippen molar-refractivity contribution in [1.82, 2.24) is 5.16 Å². The Labute approximate surface area is 72.7 Å². The zero-order valence-corrected chi connectivity index (χ0v) is 6.56. The number of nitrogens with zero attached hydrogens (tertiary/aromatic N) is 1. The number of nitrogen functional groups attached to an aromatic ring is 1. The molecule has 7 heteroatoms. The Balaban J connectivity index is 2.87. The van der Waals surface area contributed by atoms with Crippen LogP contribution in [0.15, 0.2) is 4.52 Å². The van der Waals surface area contributed by atoms with Crippen LogP contribution in [-0.4, -0.2) is 34.6 Å². The summed E-state index contributed by atoms with van der Waals surface area (Å²) in [6, 6.07) is 0. The Morgan fingerprint density at radius 2 is 2.38 bits per heavy atom. The minimum absolute atomic E-state index is 0.0632. The van der Waals surface area contributed by atoms with Gasteiger partial charge in [-0.3, -0.25) is 0 Å². The van der Waals surface area contributed by atoms with Gasteiger partial charge in [-0.15, -0.1) is 0 Å². The van der Waals surface area contributed by atoms with E-state index in [1.807, 2.05) is 0 Å². The lowest BCUT2D eigenvalue weighted by Gasteiger charge is -1.98. The number of carbonyl (C=O) groups is 1. The number of anilines is 1. The van der Waals surface area contributed by atoms with E-state index >= 15 is 0 Å². The number of aromatic nitrogens is 1. The summed E-state index contributed by atoms with van der Waals surface area (Å²) >= 11 is 0. The van der Waals surface area contributed by atoms with E-state index in [1.165, 1.54) is 0 Å². The van der Waals surface area contributed by atoms with Crippen molar-refractivity contribution in [1.29, 1.82) is 0 Å². The molecule has 0 saturated heterocycles. The molecule has 13 heavy (non-hydrogen) atoms. The molecule has 0 radical (unpaired) electrons. The Morgan fingerprint density at radius 3 is 2.92 bits per heavy atom. The molecular weight excluding hydrogens is 180 g/mol. The third-order valence-corrected chi connectivity index (χ3v) is 1.23. The van der Waals surface area contributed by atoms with Gasteiger partial charge in [-0.1, -0.05) is 0 Å². The first-order valence-corrected chi connectivity index (χ1v) is 3.39. The first-order valence-electron chi connectivity index (χ1n) is 3.39. The van der Waals surface area contributed by atoms with Gasteiger partial charge in [-0.2, -0.15) is 0 Å². The number of carboxylic acids is 1. The van der Waals surface area contributed by atoms with Crippen molar-refractivity contribution in [2.24, 2.45) is 0 Å². The summed E-state index contributed by atoms with van der Waals surface area (Å²) in [7, 11) is 0. The van der Waals surface area contributed by atoms with Gasteiger partial charge in [0, 0.05) is 0 Å². The highest BCUT2D eigenvalue weighted by atomic mass is 16.5. The molecule has 1 rings (SSSR count). The van der Waals surface area contributed by atoms with E-state index in [-0.39, 0.29) is 30.5 Å². The van der Waals surface area contributed by atoms with Crippen LogP contribution in [0, 0.1) is 0 Å². The first-order chi connectivity index (χ1) is 6.16. The van der Waals surface area contributed by atoms with Gasteiger partial charge in [-0.25, -0.2) is 4.79 Å². The van der Waals surface area contributed by atoms with Crippen LogP contribution < -0.4 is 10.5 Å². The normalized spacial score (nSPS) is 9.92. The van der Waals surface area contributed by atoms with Crippen molar-refractivity contribution in [2.45, 2.75) is 0 Å². The zero-order valence-electron chi connectivity index (χ0n) is 6.56. The number of carboxylic acid groups (broad SMARTS) is 1. The lowest BCUT2D eigenvalue weighted by molar-refractivity contribution is 0.0692. The van der Waals surface area contributed by atoms with Crippen molar-refractivity contribution in [3.63, 3.8) is 0 Å². The van der Waals surface area contributed by atoms with Crippen LogP contribution in [0.5, 0.6) is 5.88 Å². The summed E-state index contributed by atoms with van der Waals surface area (Å²) in [5.41, 5.74) is 4.84. The van der Waals surface area contributed by atoms with Crippen LogP contribution in [0.3, 0.4) is 0 Å². The molecule has 0 amide bonds. The van der Waals surface area contributed by atoms with Crippen LogP contribution in [0.1, 0.15) is 10.4 Å². The van der Waals surface area contributed by atoms with Crippen molar-refractivity contribution in [3.05, 3.63) is 5.56 Å². The number of aliphatic hydroxyl groups is 1. The number of aliphatic hydroxyl groups excluding tert-OH is 1. The highest BCUT2D eigenvalue weighted by Crippen LogP contribution is 2.22. The molecule has 0 saturated carbocycles. The number of hydrogen-bond donors (Lipinski definition) is 3. The van der Waals surface area contributed by atoms with Crippen molar-refractivity contribution < 1.29 is 24.3 Å². The maximum absolute atomic E-state index is 10.5. The monoisotopic (exact) mass is 188 g/mol. The predicted octanol–water partition coefficient (Wildman–Crippen LogP) is -0.674. The number of nitrogens with two attached hydrogens (primary N) is 1. The minimum atomic E-state index is -1.29. The molecule has 1 heterocycles. The number of rotatable bonds is 4. The highest BCUT2D eigenvalue weighted by Gasteiger charge is 2.21. The summed E-state index contributed by atoms with van der Waals surface area (Å²) in [6.07, 6.45) is 0. The summed E-state index contributed by atoms with van der Waals surface area (Å²) in [5, 5.41) is 20.3. The molecular formula is C6H8N2O5. The molecule has 1 aromatic rings. The molecule has 0 aliphatic carbocycles. The molecule has 0 bridgehead atoms. The van der Waals surface area contributed by atoms with E-state index in [4.69, 9.17) is 20.7 Å². The molecule has 0 aromatic carbocycles. The topological polar surface area (TPSA) is 119 Å². The van der Waals surface area contributed by atoms with Gasteiger partial charge in [0.05, 0.1) is 6.61 Å². The molecule has 7 nitrogen and oxygen atoms in total. The van der Waals surface area contributed by atoms with Crippen LogP contribution in [0.25, 0.3) is 0 Å². The average Bonchev–Trinajstić information content (AvgIpc) is 2.43. The van der Waals surface area contributed by atoms with Gasteiger partial charge < -0.3 is 25.2 Å². The standard InChI is InChI=1S/C6H8N2O5/c7-4-3(6(10)11)5(8-13-4)12-2-1-9/h9H,1-2,7H2,(H,10,11). The number of ether oxygens (including phenoxy) is 1. The van der Waals surface area contributed by atoms with Gasteiger partial charge in [0.15, 0.2) is 5.56 Å². The lowest BCUT2D eigenvalue weighted by Crippen LogP contribution is -2.07. The van der Waals surface area contributed by atoms with E-state index in [9.17, 15) is 4.79 Å². The van der Waals surface area contributed by atoms with E-state index in [0.717, 1.165) is 0 Å². The maximum atomic E-state index is 10.5.